The zero-order valence-electron chi connectivity index (χ0n) is 11.1. The molecule has 0 aliphatic heterocycles. The first-order valence-corrected chi connectivity index (χ1v) is 6.27. The van der Waals surface area contributed by atoms with E-state index in [-0.39, 0.29) is 17.3 Å². The van der Waals surface area contributed by atoms with Crippen LogP contribution < -0.4 is 15.2 Å². The minimum atomic E-state index is -0.255. The highest BCUT2D eigenvalue weighted by molar-refractivity contribution is 5.48. The van der Waals surface area contributed by atoms with Gasteiger partial charge < -0.3 is 15.2 Å². The summed E-state index contributed by atoms with van der Waals surface area (Å²) in [6.45, 7) is 4.26. The molecule has 0 aromatic heterocycles. The molecule has 0 spiro atoms. The minimum absolute atomic E-state index is 0.0199. The number of nitrogens with two attached hydrogens (primary N) is 1. The standard InChI is InChI=1S/C14H20FNO2/c1-9(2)18-13-7-11(15)10(6-12(13)17-3)14(8-16)4-5-14/h6-7,9H,4-5,8,16H2,1-3H3. The fraction of sp³-hybridized carbons (Fsp3) is 0.571. The summed E-state index contributed by atoms with van der Waals surface area (Å²) in [6, 6.07) is 3.14. The van der Waals surface area contributed by atoms with Crippen LogP contribution in [0.3, 0.4) is 0 Å². The van der Waals surface area contributed by atoms with Crippen molar-refractivity contribution < 1.29 is 13.9 Å². The monoisotopic (exact) mass is 253 g/mol. The molecule has 100 valence electrons. The lowest BCUT2D eigenvalue weighted by molar-refractivity contribution is 0.228. The van der Waals surface area contributed by atoms with Crippen molar-refractivity contribution in [3.05, 3.63) is 23.5 Å². The quantitative estimate of drug-likeness (QED) is 0.877. The summed E-state index contributed by atoms with van der Waals surface area (Å²) < 4.78 is 25.0. The number of ether oxygens (including phenoxy) is 2. The van der Waals surface area contributed by atoms with Crippen molar-refractivity contribution >= 4 is 0 Å². The van der Waals surface area contributed by atoms with Gasteiger partial charge in [-0.1, -0.05) is 0 Å². The molecular weight excluding hydrogens is 233 g/mol. The Kier molecular flexibility index (Phi) is 3.48. The Hall–Kier alpha value is -1.29. The van der Waals surface area contributed by atoms with Gasteiger partial charge in [-0.05, 0) is 38.3 Å². The Morgan fingerprint density at radius 1 is 1.33 bits per heavy atom. The summed E-state index contributed by atoms with van der Waals surface area (Å²) in [5.41, 5.74) is 6.21. The van der Waals surface area contributed by atoms with E-state index in [1.165, 1.54) is 6.07 Å². The molecule has 0 amide bonds. The normalized spacial score (nSPS) is 16.8. The van der Waals surface area contributed by atoms with Crippen LogP contribution in [0, 0.1) is 5.82 Å². The first-order chi connectivity index (χ1) is 8.52. The Morgan fingerprint density at radius 2 is 2.00 bits per heavy atom. The fourth-order valence-corrected chi connectivity index (χ4v) is 2.18. The maximum Gasteiger partial charge on any atom is 0.164 e. The predicted octanol–water partition coefficient (Wildman–Crippen LogP) is 2.61. The zero-order valence-corrected chi connectivity index (χ0v) is 11.1. The molecule has 0 heterocycles. The molecule has 1 fully saturated rings. The molecule has 2 rings (SSSR count). The minimum Gasteiger partial charge on any atom is -0.493 e. The second kappa shape index (κ2) is 4.76. The summed E-state index contributed by atoms with van der Waals surface area (Å²) >= 11 is 0. The van der Waals surface area contributed by atoms with E-state index in [9.17, 15) is 4.39 Å². The predicted molar refractivity (Wildman–Crippen MR) is 68.7 cm³/mol. The van der Waals surface area contributed by atoms with Crippen LogP contribution in [0.1, 0.15) is 32.3 Å². The molecular formula is C14H20FNO2. The van der Waals surface area contributed by atoms with E-state index in [4.69, 9.17) is 15.2 Å². The van der Waals surface area contributed by atoms with Crippen molar-refractivity contribution in [1.82, 2.24) is 0 Å². The highest BCUT2D eigenvalue weighted by Gasteiger charge is 2.45. The number of rotatable bonds is 5. The number of halogens is 1. The van der Waals surface area contributed by atoms with Gasteiger partial charge in [0.25, 0.3) is 0 Å². The number of hydrogen-bond donors (Lipinski definition) is 1. The van der Waals surface area contributed by atoms with Gasteiger partial charge in [0.05, 0.1) is 13.2 Å². The van der Waals surface area contributed by atoms with Crippen molar-refractivity contribution in [2.45, 2.75) is 38.2 Å². The van der Waals surface area contributed by atoms with E-state index >= 15 is 0 Å². The van der Waals surface area contributed by atoms with Gasteiger partial charge in [-0.2, -0.15) is 0 Å². The lowest BCUT2D eigenvalue weighted by Crippen LogP contribution is -2.21. The Labute approximate surface area is 107 Å². The van der Waals surface area contributed by atoms with Crippen LogP contribution in [0.15, 0.2) is 12.1 Å². The molecule has 1 aliphatic carbocycles. The zero-order chi connectivity index (χ0) is 13.3. The number of benzene rings is 1. The summed E-state index contributed by atoms with van der Waals surface area (Å²) in [7, 11) is 1.56. The SMILES string of the molecule is COc1cc(C2(CN)CC2)c(F)cc1OC(C)C. The Morgan fingerprint density at radius 3 is 2.44 bits per heavy atom. The smallest absolute Gasteiger partial charge is 0.164 e. The molecule has 0 radical (unpaired) electrons. The molecule has 1 aromatic rings. The van der Waals surface area contributed by atoms with Gasteiger partial charge in [0.15, 0.2) is 11.5 Å². The van der Waals surface area contributed by atoms with Crippen LogP contribution in [0.4, 0.5) is 4.39 Å². The Bertz CT molecular complexity index is 442. The maximum atomic E-state index is 14.1. The van der Waals surface area contributed by atoms with Gasteiger partial charge >= 0.3 is 0 Å². The van der Waals surface area contributed by atoms with Crippen molar-refractivity contribution in [1.29, 1.82) is 0 Å². The van der Waals surface area contributed by atoms with Crippen molar-refractivity contribution in [3.8, 4) is 11.5 Å². The number of hydrogen-bond acceptors (Lipinski definition) is 3. The molecule has 0 unspecified atom stereocenters. The lowest BCUT2D eigenvalue weighted by atomic mass is 9.95. The van der Waals surface area contributed by atoms with Crippen LogP contribution >= 0.6 is 0 Å². The summed E-state index contributed by atoms with van der Waals surface area (Å²) in [4.78, 5) is 0. The van der Waals surface area contributed by atoms with E-state index in [2.05, 4.69) is 0 Å². The third-order valence-corrected chi connectivity index (χ3v) is 3.43. The van der Waals surface area contributed by atoms with Crippen molar-refractivity contribution in [2.24, 2.45) is 5.73 Å². The third-order valence-electron chi connectivity index (χ3n) is 3.43. The molecule has 3 nitrogen and oxygen atoms in total. The van der Waals surface area contributed by atoms with Gasteiger partial charge in [-0.15, -0.1) is 0 Å². The van der Waals surface area contributed by atoms with Gasteiger partial charge in [-0.3, -0.25) is 0 Å². The average molecular weight is 253 g/mol. The van der Waals surface area contributed by atoms with Gasteiger partial charge in [0.1, 0.15) is 5.82 Å². The van der Waals surface area contributed by atoms with Crippen LogP contribution in [-0.2, 0) is 5.41 Å². The van der Waals surface area contributed by atoms with Gasteiger partial charge in [-0.25, -0.2) is 4.39 Å². The van der Waals surface area contributed by atoms with E-state index in [1.807, 2.05) is 13.8 Å². The molecule has 18 heavy (non-hydrogen) atoms. The van der Waals surface area contributed by atoms with Crippen molar-refractivity contribution in [3.63, 3.8) is 0 Å². The topological polar surface area (TPSA) is 44.5 Å². The number of methoxy groups -OCH3 is 1. The highest BCUT2D eigenvalue weighted by atomic mass is 19.1. The third kappa shape index (κ3) is 2.29. The van der Waals surface area contributed by atoms with Crippen LogP contribution in [-0.4, -0.2) is 19.8 Å². The summed E-state index contributed by atoms with van der Waals surface area (Å²) in [6.07, 6.45) is 1.86. The van der Waals surface area contributed by atoms with Gasteiger partial charge in [0, 0.05) is 18.0 Å². The molecule has 0 saturated heterocycles. The Balaban J connectivity index is 2.40. The summed E-state index contributed by atoms with van der Waals surface area (Å²) in [5.74, 6) is 0.760. The van der Waals surface area contributed by atoms with E-state index in [1.54, 1.807) is 13.2 Å². The van der Waals surface area contributed by atoms with Crippen LogP contribution in [0.5, 0.6) is 11.5 Å². The van der Waals surface area contributed by atoms with E-state index in [0.717, 1.165) is 12.8 Å². The molecule has 2 N–H and O–H groups in total. The first-order valence-electron chi connectivity index (χ1n) is 6.27. The van der Waals surface area contributed by atoms with E-state index in [0.29, 0.717) is 23.6 Å². The van der Waals surface area contributed by atoms with Crippen molar-refractivity contribution in [2.75, 3.05) is 13.7 Å². The average Bonchev–Trinajstić information content (AvgIpc) is 3.09. The molecule has 1 saturated carbocycles. The lowest BCUT2D eigenvalue weighted by Gasteiger charge is -2.19. The van der Waals surface area contributed by atoms with Crippen LogP contribution in [0.25, 0.3) is 0 Å². The highest BCUT2D eigenvalue weighted by Crippen LogP contribution is 2.50. The van der Waals surface area contributed by atoms with E-state index < -0.39 is 0 Å². The fourth-order valence-electron chi connectivity index (χ4n) is 2.18. The second-order valence-corrected chi connectivity index (χ2v) is 5.13. The second-order valence-electron chi connectivity index (χ2n) is 5.13. The first kappa shape index (κ1) is 13.1. The molecule has 0 bridgehead atoms. The molecule has 0 atom stereocenters. The van der Waals surface area contributed by atoms with Crippen LogP contribution in [0.2, 0.25) is 0 Å². The van der Waals surface area contributed by atoms with Gasteiger partial charge in [0.2, 0.25) is 0 Å². The molecule has 1 aliphatic rings. The largest absolute Gasteiger partial charge is 0.493 e. The summed E-state index contributed by atoms with van der Waals surface area (Å²) in [5, 5.41) is 0. The molecule has 4 heteroatoms. The molecule has 1 aromatic carbocycles. The maximum absolute atomic E-state index is 14.1.